The average Bonchev–Trinajstić information content (AvgIpc) is 3.05. The highest BCUT2D eigenvalue weighted by Crippen LogP contribution is 2.23. The minimum atomic E-state index is 0. The molecule has 0 radical (unpaired) electrons. The Labute approximate surface area is 187 Å². The number of halogens is 1. The van der Waals surface area contributed by atoms with Crippen molar-refractivity contribution in [3.63, 3.8) is 0 Å². The normalized spacial score (nSPS) is 10.9. The van der Waals surface area contributed by atoms with Gasteiger partial charge in [-0.25, -0.2) is 0 Å². The fourth-order valence-electron chi connectivity index (χ4n) is 3.16. The number of benzene rings is 3. The molecule has 0 atom stereocenters. The van der Waals surface area contributed by atoms with Gasteiger partial charge in [-0.15, -0.1) is 0 Å². The molecule has 0 bridgehead atoms. The maximum atomic E-state index is 2.40. The number of rotatable bonds is 5. The van der Waals surface area contributed by atoms with E-state index in [2.05, 4.69) is 115 Å². The number of hydrogen-bond donors (Lipinski definition) is 0. The molecule has 0 fully saturated rings. The Kier molecular flexibility index (Phi) is 6.86. The van der Waals surface area contributed by atoms with Crippen LogP contribution in [-0.2, 0) is 6.54 Å². The van der Waals surface area contributed by atoms with Crippen LogP contribution in [0.3, 0.4) is 0 Å². The summed E-state index contributed by atoms with van der Waals surface area (Å²) in [5.74, 6) is 0. The second-order valence-corrected chi connectivity index (χ2v) is 7.86. The molecule has 4 heteroatoms. The highest BCUT2D eigenvalue weighted by molar-refractivity contribution is 7.18. The molecule has 0 N–H and O–H groups in total. The summed E-state index contributed by atoms with van der Waals surface area (Å²) in [7, 11) is 4.13. The minimum Gasteiger partial charge on any atom is -1.00 e. The zero-order chi connectivity index (χ0) is 18.6. The van der Waals surface area contributed by atoms with Crippen LogP contribution in [0.1, 0.15) is 16.1 Å². The second-order valence-electron chi connectivity index (χ2n) is 6.80. The van der Waals surface area contributed by atoms with E-state index in [9.17, 15) is 0 Å². The zero-order valence-electron chi connectivity index (χ0n) is 16.0. The molecule has 4 aromatic rings. The fraction of sp³-hybridized carbons (Fsp3) is 0.125. The molecule has 0 saturated carbocycles. The van der Waals surface area contributed by atoms with Gasteiger partial charge in [-0.1, -0.05) is 65.9 Å². The van der Waals surface area contributed by atoms with E-state index in [0.29, 0.717) is 0 Å². The van der Waals surface area contributed by atoms with E-state index in [-0.39, 0.29) is 24.0 Å². The summed E-state index contributed by atoms with van der Waals surface area (Å²) < 4.78 is 3.72. The predicted molar refractivity (Wildman–Crippen MR) is 117 cm³/mol. The lowest BCUT2D eigenvalue weighted by Crippen LogP contribution is -3.00. The maximum Gasteiger partial charge on any atom is 0.263 e. The number of hydrogen-bond acceptors (Lipinski definition) is 2. The number of thiazole rings is 1. The molecule has 1 aromatic heterocycles. The van der Waals surface area contributed by atoms with Crippen molar-refractivity contribution in [3.05, 3.63) is 95.0 Å². The van der Waals surface area contributed by atoms with Crippen molar-refractivity contribution in [2.45, 2.75) is 6.54 Å². The quantitative estimate of drug-likeness (QED) is 0.303. The largest absolute Gasteiger partial charge is 1.00 e. The Morgan fingerprint density at radius 2 is 1.50 bits per heavy atom. The number of anilines is 1. The molecular formula is C24H23IN2S. The van der Waals surface area contributed by atoms with Crippen molar-refractivity contribution in [1.82, 2.24) is 0 Å². The Bertz CT molecular complexity index is 1070. The van der Waals surface area contributed by atoms with Crippen LogP contribution >= 0.6 is 11.3 Å². The predicted octanol–water partition coefficient (Wildman–Crippen LogP) is 2.48. The van der Waals surface area contributed by atoms with E-state index in [1.807, 2.05) is 11.3 Å². The van der Waals surface area contributed by atoms with Gasteiger partial charge in [0.25, 0.3) is 5.01 Å². The molecule has 3 aromatic carbocycles. The van der Waals surface area contributed by atoms with Crippen molar-refractivity contribution in [2.75, 3.05) is 19.0 Å². The van der Waals surface area contributed by atoms with Crippen molar-refractivity contribution < 1.29 is 28.5 Å². The molecule has 0 aliphatic rings. The van der Waals surface area contributed by atoms with E-state index in [1.165, 1.54) is 32.0 Å². The number of fused-ring (bicyclic) bond motifs is 1. The summed E-state index contributed by atoms with van der Waals surface area (Å²) >= 11 is 1.84. The Balaban J connectivity index is 0.00000225. The Morgan fingerprint density at radius 3 is 2.21 bits per heavy atom. The van der Waals surface area contributed by atoms with Crippen molar-refractivity contribution >= 4 is 39.4 Å². The number of aromatic nitrogens is 1. The average molecular weight is 498 g/mol. The maximum absolute atomic E-state index is 2.40. The van der Waals surface area contributed by atoms with Crippen LogP contribution in [0.25, 0.3) is 22.4 Å². The van der Waals surface area contributed by atoms with Crippen molar-refractivity contribution in [1.29, 1.82) is 0 Å². The van der Waals surface area contributed by atoms with E-state index >= 15 is 0 Å². The smallest absolute Gasteiger partial charge is 0.263 e. The zero-order valence-corrected chi connectivity index (χ0v) is 19.0. The molecular weight excluding hydrogens is 475 g/mol. The first-order valence-corrected chi connectivity index (χ1v) is 9.93. The highest BCUT2D eigenvalue weighted by atomic mass is 127. The molecule has 28 heavy (non-hydrogen) atoms. The third-order valence-corrected chi connectivity index (χ3v) is 5.78. The first-order chi connectivity index (χ1) is 13.2. The summed E-state index contributed by atoms with van der Waals surface area (Å²) in [6, 6.07) is 27.9. The molecule has 142 valence electrons. The summed E-state index contributed by atoms with van der Waals surface area (Å²) in [5.41, 5.74) is 5.03. The lowest BCUT2D eigenvalue weighted by atomic mass is 10.2. The van der Waals surface area contributed by atoms with Gasteiger partial charge in [0.1, 0.15) is 4.70 Å². The van der Waals surface area contributed by atoms with E-state index in [0.717, 1.165) is 6.54 Å². The SMILES string of the molecule is CN(C)c1ccc(C=Cc2sc3ccccc3[n+]2Cc2ccccc2)cc1.[I-]. The lowest BCUT2D eigenvalue weighted by Gasteiger charge is -2.11. The Morgan fingerprint density at radius 1 is 0.821 bits per heavy atom. The molecule has 0 aliphatic carbocycles. The third kappa shape index (κ3) is 4.62. The van der Waals surface area contributed by atoms with Crippen molar-refractivity contribution in [2.24, 2.45) is 0 Å². The first-order valence-electron chi connectivity index (χ1n) is 9.11. The lowest BCUT2D eigenvalue weighted by molar-refractivity contribution is -0.659. The number of para-hydroxylation sites is 1. The van der Waals surface area contributed by atoms with Crippen molar-refractivity contribution in [3.8, 4) is 0 Å². The third-order valence-electron chi connectivity index (χ3n) is 4.65. The molecule has 0 spiro atoms. The fourth-order valence-corrected chi connectivity index (χ4v) is 4.22. The molecule has 0 amide bonds. The van der Waals surface area contributed by atoms with Crippen LogP contribution in [0.15, 0.2) is 78.9 Å². The van der Waals surface area contributed by atoms with Gasteiger partial charge in [-0.3, -0.25) is 0 Å². The summed E-state index contributed by atoms with van der Waals surface area (Å²) in [6.45, 7) is 0.879. The molecule has 0 aliphatic heterocycles. The van der Waals surface area contributed by atoms with Gasteiger partial charge in [0.15, 0.2) is 6.54 Å². The molecule has 4 rings (SSSR count). The van der Waals surface area contributed by atoms with Crippen LogP contribution < -0.4 is 33.4 Å². The second kappa shape index (κ2) is 9.34. The van der Waals surface area contributed by atoms with E-state index < -0.39 is 0 Å². The van der Waals surface area contributed by atoms with Gasteiger partial charge >= 0.3 is 0 Å². The summed E-state index contributed by atoms with van der Waals surface area (Å²) in [5, 5.41) is 1.26. The highest BCUT2D eigenvalue weighted by Gasteiger charge is 2.18. The van der Waals surface area contributed by atoms with Gasteiger partial charge in [-0.05, 0) is 29.8 Å². The standard InChI is InChI=1S/C24H23N2S.HI/c1-25(2)21-15-12-19(13-16-21)14-17-24-26(18-20-8-4-3-5-9-20)22-10-6-7-11-23(22)27-24;/h3-17H,18H2,1-2H3;1H/q+1;/p-1. The first kappa shape index (κ1) is 20.6. The van der Waals surface area contributed by atoms with Gasteiger partial charge in [0.2, 0.25) is 5.52 Å². The number of nitrogens with zero attached hydrogens (tertiary/aromatic N) is 2. The van der Waals surface area contributed by atoms with Gasteiger partial charge in [0.05, 0.1) is 0 Å². The van der Waals surface area contributed by atoms with Crippen LogP contribution in [-0.4, -0.2) is 14.1 Å². The van der Waals surface area contributed by atoms with Gasteiger partial charge in [0, 0.05) is 37.5 Å². The molecule has 2 nitrogen and oxygen atoms in total. The topological polar surface area (TPSA) is 7.12 Å². The monoisotopic (exact) mass is 498 g/mol. The summed E-state index contributed by atoms with van der Waals surface area (Å²) in [4.78, 5) is 2.12. The Hall–Kier alpha value is -2.18. The summed E-state index contributed by atoms with van der Waals surface area (Å²) in [6.07, 6.45) is 4.43. The molecule has 0 saturated heterocycles. The minimum absolute atomic E-state index is 0. The van der Waals surface area contributed by atoms with Crippen LogP contribution in [0.2, 0.25) is 0 Å². The van der Waals surface area contributed by atoms with Gasteiger partial charge in [-0.2, -0.15) is 4.57 Å². The van der Waals surface area contributed by atoms with Crippen LogP contribution in [0.5, 0.6) is 0 Å². The van der Waals surface area contributed by atoms with Crippen LogP contribution in [0.4, 0.5) is 5.69 Å². The van der Waals surface area contributed by atoms with Gasteiger partial charge < -0.3 is 28.9 Å². The molecule has 1 heterocycles. The molecule has 0 unspecified atom stereocenters. The van der Waals surface area contributed by atoms with E-state index in [1.54, 1.807) is 0 Å². The van der Waals surface area contributed by atoms with Crippen LogP contribution in [0, 0.1) is 0 Å². The van der Waals surface area contributed by atoms with E-state index in [4.69, 9.17) is 0 Å².